The van der Waals surface area contributed by atoms with Gasteiger partial charge >= 0.3 is 0 Å². The van der Waals surface area contributed by atoms with Gasteiger partial charge in [-0.1, -0.05) is 30.3 Å². The van der Waals surface area contributed by atoms with Gasteiger partial charge in [-0.15, -0.1) is 0 Å². The zero-order valence-electron chi connectivity index (χ0n) is 15.3. The van der Waals surface area contributed by atoms with Crippen LogP contribution in [-0.4, -0.2) is 68.1 Å². The van der Waals surface area contributed by atoms with E-state index in [9.17, 15) is 4.79 Å². The maximum Gasteiger partial charge on any atom is 0.233 e. The summed E-state index contributed by atoms with van der Waals surface area (Å²) in [6.07, 6.45) is 3.69. The average molecular weight is 345 g/mol. The molecule has 0 atom stereocenters. The van der Waals surface area contributed by atoms with Crippen LogP contribution in [0.1, 0.15) is 24.8 Å². The van der Waals surface area contributed by atoms with Crippen LogP contribution in [0.15, 0.2) is 30.3 Å². The van der Waals surface area contributed by atoms with Crippen molar-refractivity contribution < 1.29 is 4.79 Å². The number of benzene rings is 1. The average Bonchev–Trinajstić information content (AvgIpc) is 3.45. The smallest absolute Gasteiger partial charge is 0.233 e. The highest BCUT2D eigenvalue weighted by Crippen LogP contribution is 2.27. The molecule has 1 aromatic carbocycles. The van der Waals surface area contributed by atoms with Gasteiger partial charge in [0.25, 0.3) is 0 Å². The molecule has 1 aromatic rings. The van der Waals surface area contributed by atoms with E-state index in [4.69, 9.17) is 0 Å². The SMILES string of the molecule is O=C(CNCC1CC1)NCCCN1CCN(Cc2ccccc2)CC1. The fourth-order valence-corrected chi connectivity index (χ4v) is 3.32. The van der Waals surface area contributed by atoms with Crippen molar-refractivity contribution in [2.45, 2.75) is 25.8 Å². The number of rotatable bonds is 10. The molecule has 0 radical (unpaired) electrons. The minimum Gasteiger partial charge on any atom is -0.355 e. The van der Waals surface area contributed by atoms with E-state index < -0.39 is 0 Å². The highest BCUT2D eigenvalue weighted by atomic mass is 16.1. The molecule has 1 heterocycles. The Balaban J connectivity index is 1.20. The molecule has 0 bridgehead atoms. The molecule has 0 aromatic heterocycles. The van der Waals surface area contributed by atoms with E-state index in [-0.39, 0.29) is 5.91 Å². The second-order valence-corrected chi connectivity index (χ2v) is 7.38. The van der Waals surface area contributed by atoms with E-state index in [1.165, 1.54) is 18.4 Å². The van der Waals surface area contributed by atoms with Crippen molar-refractivity contribution in [2.24, 2.45) is 5.92 Å². The molecule has 1 aliphatic heterocycles. The minimum absolute atomic E-state index is 0.133. The summed E-state index contributed by atoms with van der Waals surface area (Å²) in [5.74, 6) is 0.960. The van der Waals surface area contributed by atoms with Crippen molar-refractivity contribution in [3.63, 3.8) is 0 Å². The molecule has 2 N–H and O–H groups in total. The molecule has 1 aliphatic carbocycles. The topological polar surface area (TPSA) is 47.6 Å². The summed E-state index contributed by atoms with van der Waals surface area (Å²) in [4.78, 5) is 16.8. The Bertz CT molecular complexity index is 510. The summed E-state index contributed by atoms with van der Waals surface area (Å²) in [5.41, 5.74) is 1.40. The first-order chi connectivity index (χ1) is 12.3. The Kier molecular flexibility index (Phi) is 7.27. The van der Waals surface area contributed by atoms with Crippen LogP contribution in [0.3, 0.4) is 0 Å². The summed E-state index contributed by atoms with van der Waals surface area (Å²) in [6, 6.07) is 10.7. The normalized spacial score (nSPS) is 19.0. The highest BCUT2D eigenvalue weighted by Gasteiger charge is 2.20. The molecule has 2 fully saturated rings. The second kappa shape index (κ2) is 9.90. The van der Waals surface area contributed by atoms with Gasteiger partial charge in [-0.2, -0.15) is 0 Å². The van der Waals surface area contributed by atoms with E-state index >= 15 is 0 Å². The van der Waals surface area contributed by atoms with Crippen molar-refractivity contribution in [1.29, 1.82) is 0 Å². The van der Waals surface area contributed by atoms with Gasteiger partial charge in [-0.25, -0.2) is 0 Å². The highest BCUT2D eigenvalue weighted by molar-refractivity contribution is 5.77. The third-order valence-corrected chi connectivity index (χ3v) is 5.10. The molecule has 5 nitrogen and oxygen atoms in total. The molecule has 25 heavy (non-hydrogen) atoms. The molecule has 5 heteroatoms. The lowest BCUT2D eigenvalue weighted by molar-refractivity contribution is -0.120. The number of hydrogen-bond donors (Lipinski definition) is 2. The number of carbonyl (C=O) groups is 1. The van der Waals surface area contributed by atoms with Crippen LogP contribution in [0.5, 0.6) is 0 Å². The molecule has 0 spiro atoms. The number of nitrogens with zero attached hydrogens (tertiary/aromatic N) is 2. The fourth-order valence-electron chi connectivity index (χ4n) is 3.32. The molecule has 0 unspecified atom stereocenters. The summed E-state index contributed by atoms with van der Waals surface area (Å²) >= 11 is 0. The lowest BCUT2D eigenvalue weighted by Crippen LogP contribution is -2.46. The fraction of sp³-hybridized carbons (Fsp3) is 0.650. The molecular formula is C20H32N4O. The lowest BCUT2D eigenvalue weighted by atomic mass is 10.2. The molecular weight excluding hydrogens is 312 g/mol. The molecule has 1 amide bonds. The third kappa shape index (κ3) is 7.14. The predicted molar refractivity (Wildman–Crippen MR) is 101 cm³/mol. The summed E-state index contributed by atoms with van der Waals surface area (Å²) < 4.78 is 0. The van der Waals surface area contributed by atoms with E-state index in [0.29, 0.717) is 6.54 Å². The van der Waals surface area contributed by atoms with Gasteiger partial charge in [0.15, 0.2) is 0 Å². The molecule has 3 rings (SSSR count). The number of carbonyl (C=O) groups excluding carboxylic acids is 1. The second-order valence-electron chi connectivity index (χ2n) is 7.38. The summed E-state index contributed by atoms with van der Waals surface area (Å²) in [6.45, 7) is 8.91. The molecule has 138 valence electrons. The van der Waals surface area contributed by atoms with Crippen LogP contribution in [0.2, 0.25) is 0 Å². The third-order valence-electron chi connectivity index (χ3n) is 5.10. The first-order valence-corrected chi connectivity index (χ1v) is 9.75. The van der Waals surface area contributed by atoms with Crippen LogP contribution in [-0.2, 0) is 11.3 Å². The van der Waals surface area contributed by atoms with Gasteiger partial charge in [0.2, 0.25) is 5.91 Å². The van der Waals surface area contributed by atoms with Gasteiger partial charge in [0.1, 0.15) is 0 Å². The predicted octanol–water partition coefficient (Wildman–Crippen LogP) is 1.31. The van der Waals surface area contributed by atoms with E-state index in [2.05, 4.69) is 50.8 Å². The van der Waals surface area contributed by atoms with E-state index in [0.717, 1.165) is 64.7 Å². The van der Waals surface area contributed by atoms with Gasteiger partial charge in [0.05, 0.1) is 6.54 Å². The van der Waals surface area contributed by atoms with E-state index in [1.54, 1.807) is 0 Å². The van der Waals surface area contributed by atoms with Gasteiger partial charge in [0, 0.05) is 39.3 Å². The number of nitrogens with one attached hydrogen (secondary N) is 2. The zero-order chi connectivity index (χ0) is 17.3. The van der Waals surface area contributed by atoms with Crippen LogP contribution < -0.4 is 10.6 Å². The van der Waals surface area contributed by atoms with Gasteiger partial charge in [-0.3, -0.25) is 9.69 Å². The largest absolute Gasteiger partial charge is 0.355 e. The first-order valence-electron chi connectivity index (χ1n) is 9.75. The van der Waals surface area contributed by atoms with Crippen molar-refractivity contribution in [1.82, 2.24) is 20.4 Å². The monoisotopic (exact) mass is 344 g/mol. The molecule has 2 aliphatic rings. The first kappa shape index (κ1) is 18.4. The molecule has 1 saturated carbocycles. The van der Waals surface area contributed by atoms with Crippen LogP contribution in [0.4, 0.5) is 0 Å². The Morgan fingerprint density at radius 1 is 1.04 bits per heavy atom. The number of amides is 1. The Morgan fingerprint density at radius 2 is 1.76 bits per heavy atom. The van der Waals surface area contributed by atoms with Crippen molar-refractivity contribution >= 4 is 5.91 Å². The Hall–Kier alpha value is -1.43. The van der Waals surface area contributed by atoms with Gasteiger partial charge < -0.3 is 15.5 Å². The summed E-state index contributed by atoms with van der Waals surface area (Å²) in [5, 5.41) is 6.25. The minimum atomic E-state index is 0.133. The van der Waals surface area contributed by atoms with Crippen LogP contribution in [0, 0.1) is 5.92 Å². The van der Waals surface area contributed by atoms with E-state index in [1.807, 2.05) is 0 Å². The molecule has 1 saturated heterocycles. The van der Waals surface area contributed by atoms with Crippen LogP contribution >= 0.6 is 0 Å². The number of hydrogen-bond acceptors (Lipinski definition) is 4. The Labute approximate surface area is 151 Å². The van der Waals surface area contributed by atoms with Crippen molar-refractivity contribution in [3.05, 3.63) is 35.9 Å². The standard InChI is InChI=1S/C20H32N4O/c25-20(16-21-15-18-7-8-18)22-9-4-10-23-11-13-24(14-12-23)17-19-5-2-1-3-6-19/h1-3,5-6,18,21H,4,7-17H2,(H,22,25). The van der Waals surface area contributed by atoms with Crippen molar-refractivity contribution in [2.75, 3.05) is 52.4 Å². The lowest BCUT2D eigenvalue weighted by Gasteiger charge is -2.34. The maximum atomic E-state index is 11.7. The quantitative estimate of drug-likeness (QED) is 0.629. The van der Waals surface area contributed by atoms with Gasteiger partial charge in [-0.05, 0) is 43.8 Å². The van der Waals surface area contributed by atoms with Crippen molar-refractivity contribution in [3.8, 4) is 0 Å². The van der Waals surface area contributed by atoms with Crippen LogP contribution in [0.25, 0.3) is 0 Å². The maximum absolute atomic E-state index is 11.7. The Morgan fingerprint density at radius 3 is 2.48 bits per heavy atom. The summed E-state index contributed by atoms with van der Waals surface area (Å²) in [7, 11) is 0. The zero-order valence-corrected chi connectivity index (χ0v) is 15.3. The number of piperazine rings is 1.